The van der Waals surface area contributed by atoms with Gasteiger partial charge < -0.3 is 14.4 Å². The molecule has 174 valence electrons. The zero-order valence-corrected chi connectivity index (χ0v) is 19.6. The van der Waals surface area contributed by atoms with Crippen molar-refractivity contribution in [2.24, 2.45) is 5.92 Å². The largest absolute Gasteiger partial charge is 0.593 e. The van der Waals surface area contributed by atoms with Gasteiger partial charge in [-0.25, -0.2) is 4.98 Å². The highest BCUT2D eigenvalue weighted by atomic mass is 32.3. The minimum Gasteiger partial charge on any atom is -0.593 e. The van der Waals surface area contributed by atoms with Crippen LogP contribution in [0.5, 0.6) is 0 Å². The van der Waals surface area contributed by atoms with E-state index in [-0.39, 0.29) is 24.3 Å². The average Bonchev–Trinajstić information content (AvgIpc) is 3.28. The molecule has 3 aromatic rings. The van der Waals surface area contributed by atoms with Crippen molar-refractivity contribution in [2.45, 2.75) is 43.4 Å². The quantitative estimate of drug-likeness (QED) is 0.593. The highest BCUT2D eigenvalue weighted by molar-refractivity contribution is 7.95. The van der Waals surface area contributed by atoms with Crippen molar-refractivity contribution < 1.29 is 13.6 Å². The summed E-state index contributed by atoms with van der Waals surface area (Å²) in [5.74, 6) is 0.785. The third kappa shape index (κ3) is 4.45. The lowest BCUT2D eigenvalue weighted by Gasteiger charge is -2.38. The molecule has 1 amide bonds. The molecule has 8 nitrogen and oxygen atoms in total. The number of sulfonamides is 1. The summed E-state index contributed by atoms with van der Waals surface area (Å²) in [5, 5.41) is 0. The van der Waals surface area contributed by atoms with E-state index >= 15 is 0 Å². The monoisotopic (exact) mass is 467 g/mol. The van der Waals surface area contributed by atoms with Crippen molar-refractivity contribution >= 4 is 27.3 Å². The number of imidazole rings is 1. The molecule has 4 heterocycles. The van der Waals surface area contributed by atoms with Gasteiger partial charge in [0.15, 0.2) is 15.3 Å². The number of benzene rings is 1. The van der Waals surface area contributed by atoms with Gasteiger partial charge in [0.05, 0.1) is 29.7 Å². The Hall–Kier alpha value is -2.62. The Kier molecular flexibility index (Phi) is 6.03. The molecule has 0 bridgehead atoms. The first-order valence-electron chi connectivity index (χ1n) is 11.6. The van der Waals surface area contributed by atoms with Gasteiger partial charge in [-0.15, -0.1) is 4.31 Å². The van der Waals surface area contributed by atoms with E-state index in [1.165, 1.54) is 4.31 Å². The number of carbonyl (C=O) groups excluding carboxylic acids is 1. The average molecular weight is 468 g/mol. The van der Waals surface area contributed by atoms with Crippen LogP contribution in [0, 0.1) is 12.8 Å². The zero-order chi connectivity index (χ0) is 23.0. The summed E-state index contributed by atoms with van der Waals surface area (Å²) in [4.78, 5) is 27.8. The molecular weight excluding hydrogens is 438 g/mol. The van der Waals surface area contributed by atoms with Gasteiger partial charge in [-0.05, 0) is 50.8 Å². The second kappa shape index (κ2) is 8.96. The molecule has 0 radical (unpaired) electrons. The number of aryl methyl sites for hydroxylation is 1. The number of likely N-dealkylation sites (tertiary alicyclic amines) is 1. The molecule has 3 unspecified atom stereocenters. The third-order valence-corrected chi connectivity index (χ3v) is 8.69. The maximum atomic E-state index is 13.4. The van der Waals surface area contributed by atoms with Gasteiger partial charge in [-0.1, -0.05) is 21.9 Å². The van der Waals surface area contributed by atoms with Crippen LogP contribution in [-0.4, -0.2) is 60.8 Å². The minimum absolute atomic E-state index is 0.0567. The number of amides is 1. The number of nitrogens with zero attached hydrogens (tertiary/aromatic N) is 4. The van der Waals surface area contributed by atoms with Crippen LogP contribution < -0.4 is 0 Å². The van der Waals surface area contributed by atoms with Gasteiger partial charge in [-0.2, -0.15) is 0 Å². The van der Waals surface area contributed by atoms with Crippen LogP contribution >= 0.6 is 0 Å². The van der Waals surface area contributed by atoms with Gasteiger partial charge in [0, 0.05) is 31.7 Å². The first kappa shape index (κ1) is 22.2. The van der Waals surface area contributed by atoms with Crippen molar-refractivity contribution in [3.05, 3.63) is 54.1 Å². The molecule has 3 atom stereocenters. The molecule has 1 N–H and O–H groups in total. The van der Waals surface area contributed by atoms with E-state index in [0.29, 0.717) is 31.0 Å². The molecule has 33 heavy (non-hydrogen) atoms. The molecule has 2 aromatic heterocycles. The summed E-state index contributed by atoms with van der Waals surface area (Å²) >= 11 is 0. The predicted octanol–water partition coefficient (Wildman–Crippen LogP) is 3.29. The lowest BCUT2D eigenvalue weighted by molar-refractivity contribution is -0.138. The number of aromatic nitrogens is 3. The number of nitrogens with one attached hydrogen (secondary N) is 1. The molecule has 2 saturated heterocycles. The van der Waals surface area contributed by atoms with Crippen LogP contribution in [0.2, 0.25) is 0 Å². The highest BCUT2D eigenvalue weighted by Crippen LogP contribution is 2.31. The number of H-pyrrole nitrogens is 1. The van der Waals surface area contributed by atoms with Crippen LogP contribution in [0.3, 0.4) is 0 Å². The molecule has 2 aliphatic rings. The molecule has 2 fully saturated rings. The summed E-state index contributed by atoms with van der Waals surface area (Å²) < 4.78 is 27.8. The fourth-order valence-electron chi connectivity index (χ4n) is 4.95. The Morgan fingerprint density at radius 1 is 1.12 bits per heavy atom. The van der Waals surface area contributed by atoms with Crippen molar-refractivity contribution in [1.82, 2.24) is 24.2 Å². The number of rotatable bonds is 4. The van der Waals surface area contributed by atoms with E-state index in [2.05, 4.69) is 9.97 Å². The molecule has 0 saturated carbocycles. The summed E-state index contributed by atoms with van der Waals surface area (Å²) in [6.07, 6.45) is 6.77. The van der Waals surface area contributed by atoms with E-state index in [0.717, 1.165) is 41.7 Å². The van der Waals surface area contributed by atoms with Crippen LogP contribution in [0.15, 0.2) is 47.6 Å². The summed E-state index contributed by atoms with van der Waals surface area (Å²) in [7, 11) is -3.60. The standard InChI is InChI=1S/C24H29N5O3S/c1-17-6-8-20(9-7-17)33(31,32)29-13-3-5-19(16-29)24(30)28-12-2-4-18(15-28)23-26-21-10-11-25-14-22(21)27-23/h6-11,14,18-19H,2-5,12-13,15-16H2,1H3,(H-,25,26,27,31,32). The Labute approximate surface area is 194 Å². The topological polar surface area (TPSA) is 105 Å². The van der Waals surface area contributed by atoms with E-state index in [9.17, 15) is 13.6 Å². The number of hydrogen-bond acceptors (Lipinski definition) is 5. The number of carbonyl (C=O) groups is 1. The fourth-order valence-corrected chi connectivity index (χ4v) is 6.47. The number of pyridine rings is 1. The minimum atomic E-state index is -3.60. The van der Waals surface area contributed by atoms with Crippen molar-refractivity contribution in [3.8, 4) is 0 Å². The SMILES string of the molecule is Cc1ccc([S+](=O)([O-])N2CCCC(C(=O)N3CCCC(c4nc5ccncc5[nH]4)C3)C2)cc1. The van der Waals surface area contributed by atoms with Crippen molar-refractivity contribution in [3.63, 3.8) is 0 Å². The molecule has 5 rings (SSSR count). The molecule has 2 aliphatic heterocycles. The van der Waals surface area contributed by atoms with Crippen LogP contribution in [0.4, 0.5) is 0 Å². The zero-order valence-electron chi connectivity index (χ0n) is 18.8. The summed E-state index contributed by atoms with van der Waals surface area (Å²) in [5.41, 5.74) is 2.80. The van der Waals surface area contributed by atoms with Gasteiger partial charge in [0.2, 0.25) is 5.91 Å². The first-order valence-corrected chi connectivity index (χ1v) is 13.0. The molecule has 0 aliphatic carbocycles. The number of aromatic amines is 1. The number of hydrogen-bond donors (Lipinski definition) is 1. The van der Waals surface area contributed by atoms with Crippen LogP contribution in [0.1, 0.15) is 43.0 Å². The Morgan fingerprint density at radius 3 is 2.70 bits per heavy atom. The second-order valence-electron chi connectivity index (χ2n) is 9.15. The maximum Gasteiger partial charge on any atom is 0.227 e. The van der Waals surface area contributed by atoms with Crippen LogP contribution in [-0.2, 0) is 19.4 Å². The smallest absolute Gasteiger partial charge is 0.227 e. The van der Waals surface area contributed by atoms with Gasteiger partial charge in [0.25, 0.3) is 0 Å². The van der Waals surface area contributed by atoms with Gasteiger partial charge in [0.1, 0.15) is 5.82 Å². The van der Waals surface area contributed by atoms with E-state index in [1.54, 1.807) is 24.5 Å². The molecule has 1 aromatic carbocycles. The summed E-state index contributed by atoms with van der Waals surface area (Å²) in [6, 6.07) is 8.79. The van der Waals surface area contributed by atoms with Gasteiger partial charge >= 0.3 is 0 Å². The summed E-state index contributed by atoms with van der Waals surface area (Å²) in [6.45, 7) is 3.94. The Balaban J connectivity index is 1.28. The van der Waals surface area contributed by atoms with Crippen LogP contribution in [0.25, 0.3) is 11.0 Å². The lowest BCUT2D eigenvalue weighted by atomic mass is 9.93. The van der Waals surface area contributed by atoms with E-state index < -0.39 is 10.4 Å². The van der Waals surface area contributed by atoms with Crippen molar-refractivity contribution in [2.75, 3.05) is 26.2 Å². The van der Waals surface area contributed by atoms with Crippen molar-refractivity contribution in [1.29, 1.82) is 0 Å². The third-order valence-electron chi connectivity index (χ3n) is 6.81. The highest BCUT2D eigenvalue weighted by Gasteiger charge is 2.39. The molecule has 9 heteroatoms. The Bertz CT molecular complexity index is 1160. The van der Waals surface area contributed by atoms with E-state index in [1.807, 2.05) is 30.0 Å². The maximum absolute atomic E-state index is 13.4. The predicted molar refractivity (Wildman–Crippen MR) is 125 cm³/mol. The lowest BCUT2D eigenvalue weighted by Crippen LogP contribution is -2.50. The fraction of sp³-hybridized carbons (Fsp3) is 0.458. The molecule has 0 spiro atoms. The normalized spacial score (nSPS) is 24.0. The second-order valence-corrected chi connectivity index (χ2v) is 11.1. The van der Waals surface area contributed by atoms with E-state index in [4.69, 9.17) is 4.98 Å². The number of fused-ring (bicyclic) bond motifs is 1. The first-order chi connectivity index (χ1) is 15.9. The Morgan fingerprint density at radius 2 is 1.91 bits per heavy atom. The molecular formula is C24H29N5O3S. The van der Waals surface area contributed by atoms with Gasteiger partial charge in [-0.3, -0.25) is 9.78 Å². The number of piperidine rings is 2.